The smallest absolute Gasteiger partial charge is 0.159 e. The van der Waals surface area contributed by atoms with Crippen LogP contribution in [0.3, 0.4) is 0 Å². The molecule has 0 bridgehead atoms. The molecule has 0 aliphatic heterocycles. The van der Waals surface area contributed by atoms with Gasteiger partial charge in [0, 0.05) is 11.1 Å². The van der Waals surface area contributed by atoms with Gasteiger partial charge in [0.1, 0.15) is 0 Å². The first kappa shape index (κ1) is 13.7. The maximum Gasteiger partial charge on any atom is 0.159 e. The van der Waals surface area contributed by atoms with E-state index in [1.165, 1.54) is 11.1 Å². The van der Waals surface area contributed by atoms with E-state index in [0.717, 1.165) is 17.5 Å². The molecule has 0 saturated heterocycles. The molecule has 2 aromatic carbocycles. The summed E-state index contributed by atoms with van der Waals surface area (Å²) in [6, 6.07) is 15.9. The number of carbonyl (C=O) groups is 2. The number of benzene rings is 2. The van der Waals surface area contributed by atoms with E-state index in [9.17, 15) is 9.59 Å². The second-order valence-electron chi connectivity index (χ2n) is 5.81. The highest BCUT2D eigenvalue weighted by Crippen LogP contribution is 2.54. The van der Waals surface area contributed by atoms with Crippen molar-refractivity contribution in [2.24, 2.45) is 0 Å². The van der Waals surface area contributed by atoms with E-state index in [1.54, 1.807) is 13.8 Å². The molecule has 106 valence electrons. The third kappa shape index (κ3) is 2.80. The lowest BCUT2D eigenvalue weighted by Gasteiger charge is -2.03. The van der Waals surface area contributed by atoms with Crippen LogP contribution < -0.4 is 0 Å². The summed E-state index contributed by atoms with van der Waals surface area (Å²) in [5, 5.41) is 0. The van der Waals surface area contributed by atoms with Crippen LogP contribution in [-0.2, 0) is 0 Å². The molecule has 2 aromatic rings. The quantitative estimate of drug-likeness (QED) is 0.778. The number of ketones is 2. The number of Topliss-reactive ketones (excluding diaryl/α,β-unsaturated/α-hetero) is 2. The van der Waals surface area contributed by atoms with E-state index in [2.05, 4.69) is 24.3 Å². The number of hydrogen-bond donors (Lipinski definition) is 0. The summed E-state index contributed by atoms with van der Waals surface area (Å²) < 4.78 is 0. The summed E-state index contributed by atoms with van der Waals surface area (Å²) in [6.45, 7) is 3.18. The Morgan fingerprint density at radius 1 is 0.714 bits per heavy atom. The van der Waals surface area contributed by atoms with Crippen molar-refractivity contribution in [1.82, 2.24) is 0 Å². The molecule has 2 atom stereocenters. The Morgan fingerprint density at radius 3 is 1.33 bits per heavy atom. The van der Waals surface area contributed by atoms with Crippen LogP contribution in [-0.4, -0.2) is 11.6 Å². The summed E-state index contributed by atoms with van der Waals surface area (Å²) in [5.41, 5.74) is 4.12. The molecule has 2 heteroatoms. The SMILES string of the molecule is CC(=O)c1ccc(C2C[C@@H]2c2ccc(C(C)=O)cc2)cc1. The Labute approximate surface area is 124 Å². The largest absolute Gasteiger partial charge is 0.295 e. The second kappa shape index (κ2) is 5.28. The predicted octanol–water partition coefficient (Wildman–Crippen LogP) is 4.36. The van der Waals surface area contributed by atoms with Crippen molar-refractivity contribution in [1.29, 1.82) is 0 Å². The molecule has 1 aliphatic carbocycles. The number of carbonyl (C=O) groups excluding carboxylic acids is 2. The van der Waals surface area contributed by atoms with Crippen molar-refractivity contribution < 1.29 is 9.59 Å². The van der Waals surface area contributed by atoms with E-state index in [1.807, 2.05) is 24.3 Å². The highest BCUT2D eigenvalue weighted by Gasteiger charge is 2.39. The molecule has 0 heterocycles. The van der Waals surface area contributed by atoms with E-state index in [0.29, 0.717) is 11.8 Å². The van der Waals surface area contributed by atoms with E-state index in [4.69, 9.17) is 0 Å². The van der Waals surface area contributed by atoms with Crippen LogP contribution in [0, 0.1) is 0 Å². The predicted molar refractivity (Wildman–Crippen MR) is 83.0 cm³/mol. The highest BCUT2D eigenvalue weighted by atomic mass is 16.1. The van der Waals surface area contributed by atoms with Crippen LogP contribution >= 0.6 is 0 Å². The fourth-order valence-electron chi connectivity index (χ4n) is 2.86. The van der Waals surface area contributed by atoms with Gasteiger partial charge in [0.05, 0.1) is 0 Å². The molecule has 0 spiro atoms. The van der Waals surface area contributed by atoms with Crippen molar-refractivity contribution in [3.05, 3.63) is 70.8 Å². The topological polar surface area (TPSA) is 34.1 Å². The fourth-order valence-corrected chi connectivity index (χ4v) is 2.86. The molecule has 1 saturated carbocycles. The van der Waals surface area contributed by atoms with Gasteiger partial charge >= 0.3 is 0 Å². The van der Waals surface area contributed by atoms with Crippen LogP contribution in [0.15, 0.2) is 48.5 Å². The lowest BCUT2D eigenvalue weighted by atomic mass is 10.0. The van der Waals surface area contributed by atoms with Crippen molar-refractivity contribution >= 4 is 11.6 Å². The number of rotatable bonds is 4. The molecule has 1 unspecified atom stereocenters. The summed E-state index contributed by atoms with van der Waals surface area (Å²) in [6.07, 6.45) is 1.14. The molecule has 0 radical (unpaired) electrons. The summed E-state index contributed by atoms with van der Waals surface area (Å²) in [7, 11) is 0. The average Bonchev–Trinajstić information content (AvgIpc) is 3.28. The maximum atomic E-state index is 11.3. The van der Waals surface area contributed by atoms with Crippen molar-refractivity contribution in [2.75, 3.05) is 0 Å². The summed E-state index contributed by atoms with van der Waals surface area (Å²) in [5.74, 6) is 1.28. The van der Waals surface area contributed by atoms with Gasteiger partial charge in [0.25, 0.3) is 0 Å². The van der Waals surface area contributed by atoms with Gasteiger partial charge in [-0.25, -0.2) is 0 Å². The Hall–Kier alpha value is -2.22. The monoisotopic (exact) mass is 278 g/mol. The third-order valence-electron chi connectivity index (χ3n) is 4.28. The maximum absolute atomic E-state index is 11.3. The Morgan fingerprint density at radius 2 is 1.05 bits per heavy atom. The third-order valence-corrected chi connectivity index (χ3v) is 4.28. The van der Waals surface area contributed by atoms with Gasteiger partial charge in [-0.2, -0.15) is 0 Å². The molecule has 0 aromatic heterocycles. The molecule has 1 fully saturated rings. The lowest BCUT2D eigenvalue weighted by Crippen LogP contribution is -1.93. The van der Waals surface area contributed by atoms with Gasteiger partial charge in [-0.1, -0.05) is 48.5 Å². The first-order valence-corrected chi connectivity index (χ1v) is 7.28. The van der Waals surface area contributed by atoms with Gasteiger partial charge < -0.3 is 0 Å². The van der Waals surface area contributed by atoms with Gasteiger partial charge in [0.15, 0.2) is 11.6 Å². The van der Waals surface area contributed by atoms with Crippen molar-refractivity contribution in [3.8, 4) is 0 Å². The molecule has 1 aliphatic rings. The molecular formula is C19H18O2. The zero-order valence-electron chi connectivity index (χ0n) is 12.3. The molecule has 21 heavy (non-hydrogen) atoms. The first-order chi connectivity index (χ1) is 10.1. The fraction of sp³-hybridized carbons (Fsp3) is 0.263. The zero-order valence-corrected chi connectivity index (χ0v) is 12.3. The summed E-state index contributed by atoms with van der Waals surface area (Å²) >= 11 is 0. The van der Waals surface area contributed by atoms with Crippen LogP contribution in [0.25, 0.3) is 0 Å². The Balaban J connectivity index is 1.73. The highest BCUT2D eigenvalue weighted by molar-refractivity contribution is 5.94. The van der Waals surface area contributed by atoms with Crippen molar-refractivity contribution in [2.45, 2.75) is 32.1 Å². The van der Waals surface area contributed by atoms with Gasteiger partial charge in [-0.15, -0.1) is 0 Å². The minimum Gasteiger partial charge on any atom is -0.295 e. The van der Waals surface area contributed by atoms with E-state index in [-0.39, 0.29) is 11.6 Å². The lowest BCUT2D eigenvalue weighted by molar-refractivity contribution is 0.100. The molecule has 0 amide bonds. The zero-order chi connectivity index (χ0) is 15.0. The van der Waals surface area contributed by atoms with Crippen LogP contribution in [0.2, 0.25) is 0 Å². The average molecular weight is 278 g/mol. The number of hydrogen-bond acceptors (Lipinski definition) is 2. The normalized spacial score (nSPS) is 20.1. The molecule has 3 rings (SSSR count). The van der Waals surface area contributed by atoms with Gasteiger partial charge in [-0.05, 0) is 43.2 Å². The first-order valence-electron chi connectivity index (χ1n) is 7.28. The molecule has 2 nitrogen and oxygen atoms in total. The molecular weight excluding hydrogens is 260 g/mol. The van der Waals surface area contributed by atoms with E-state index < -0.39 is 0 Å². The molecule has 0 N–H and O–H groups in total. The minimum absolute atomic E-state index is 0.105. The van der Waals surface area contributed by atoms with Gasteiger partial charge in [0.2, 0.25) is 0 Å². The van der Waals surface area contributed by atoms with E-state index >= 15 is 0 Å². The van der Waals surface area contributed by atoms with Gasteiger partial charge in [-0.3, -0.25) is 9.59 Å². The van der Waals surface area contributed by atoms with Crippen LogP contribution in [0.1, 0.15) is 63.9 Å². The summed E-state index contributed by atoms with van der Waals surface area (Å²) in [4.78, 5) is 22.6. The second-order valence-corrected chi connectivity index (χ2v) is 5.81. The Kier molecular flexibility index (Phi) is 3.46. The minimum atomic E-state index is 0.105. The van der Waals surface area contributed by atoms with Crippen LogP contribution in [0.5, 0.6) is 0 Å². The Bertz CT molecular complexity index is 619. The van der Waals surface area contributed by atoms with Crippen LogP contribution in [0.4, 0.5) is 0 Å². The standard InChI is InChI=1S/C19H18O2/c1-12(20)14-3-7-16(8-4-14)18-11-19(18)17-9-5-15(6-10-17)13(2)21/h3-10,18-19H,11H2,1-2H3/t18-,19?/m1/s1. The van der Waals surface area contributed by atoms with Crippen molar-refractivity contribution in [3.63, 3.8) is 0 Å².